The van der Waals surface area contributed by atoms with E-state index in [-0.39, 0.29) is 0 Å². The zero-order valence-electron chi connectivity index (χ0n) is 33.2. The Morgan fingerprint density at radius 2 is 0.814 bits per heavy atom. The van der Waals surface area contributed by atoms with Crippen molar-refractivity contribution < 1.29 is 0 Å². The van der Waals surface area contributed by atoms with Crippen molar-refractivity contribution in [3.63, 3.8) is 0 Å². The quantitative estimate of drug-likeness (QED) is 0.163. The summed E-state index contributed by atoms with van der Waals surface area (Å²) >= 11 is 0. The van der Waals surface area contributed by atoms with Crippen LogP contribution in [0, 0.1) is 0 Å². The molecule has 0 fully saturated rings. The molecule has 0 amide bonds. The van der Waals surface area contributed by atoms with Gasteiger partial charge in [-0.2, -0.15) is 0 Å². The predicted molar refractivity (Wildman–Crippen MR) is 258 cm³/mol. The largest absolute Gasteiger partial charge is 0.341 e. The first kappa shape index (κ1) is 35.7. The number of pyridine rings is 2. The minimum absolute atomic E-state index is 0.974. The van der Waals surface area contributed by atoms with Gasteiger partial charge in [-0.1, -0.05) is 109 Å². The van der Waals surface area contributed by atoms with Crippen molar-refractivity contribution in [3.05, 3.63) is 194 Å². The molecular weight excluding hydrogens is 755 g/mol. The number of nitrogens with zero attached hydrogens (tertiary/aromatic N) is 4. The molecule has 4 nitrogen and oxygen atoms in total. The Kier molecular flexibility index (Phi) is 8.55. The highest BCUT2D eigenvalue weighted by Crippen LogP contribution is 2.58. The molecule has 6 heteroatoms. The summed E-state index contributed by atoms with van der Waals surface area (Å²) in [6.07, 6.45) is 3.82. The van der Waals surface area contributed by atoms with Crippen molar-refractivity contribution in [2.75, 3.05) is 30.6 Å². The fourth-order valence-corrected chi connectivity index (χ4v) is 15.6. The minimum Gasteiger partial charge on any atom is -0.341 e. The third-order valence-corrected chi connectivity index (χ3v) is 18.7. The molecule has 2 aromatic heterocycles. The molecule has 0 aliphatic carbocycles. The second kappa shape index (κ2) is 14.1. The highest BCUT2D eigenvalue weighted by atomic mass is 31.2. The van der Waals surface area contributed by atoms with Crippen LogP contribution in [-0.2, 0) is 0 Å². The van der Waals surface area contributed by atoms with Gasteiger partial charge in [0.05, 0.1) is 34.8 Å². The van der Waals surface area contributed by atoms with E-state index in [0.29, 0.717) is 0 Å². The Morgan fingerprint density at radius 3 is 1.42 bits per heavy atom. The van der Waals surface area contributed by atoms with Gasteiger partial charge in [0.25, 0.3) is 0 Å². The molecule has 0 radical (unpaired) electrons. The van der Waals surface area contributed by atoms with Crippen LogP contribution in [-0.4, -0.2) is 30.7 Å². The van der Waals surface area contributed by atoms with Crippen molar-refractivity contribution in [1.29, 1.82) is 0 Å². The Bertz CT molecular complexity index is 3070. The Labute approximate surface area is 346 Å². The van der Waals surface area contributed by atoms with Gasteiger partial charge in [0, 0.05) is 53.6 Å². The van der Waals surface area contributed by atoms with Gasteiger partial charge >= 0.3 is 0 Å². The fraction of sp³-hybridized carbons (Fsp3) is 0.0566. The summed E-state index contributed by atoms with van der Waals surface area (Å²) in [5, 5.41) is 15.0. The first-order valence-electron chi connectivity index (χ1n) is 20.0. The molecule has 0 bridgehead atoms. The minimum atomic E-state index is -2.45. The van der Waals surface area contributed by atoms with Crippen LogP contribution in [0.5, 0.6) is 0 Å². The average Bonchev–Trinajstić information content (AvgIpc) is 3.30. The molecular formula is C53H41N4P2+. The molecule has 10 aromatic rings. The summed E-state index contributed by atoms with van der Waals surface area (Å²) in [6, 6.07) is 67.9. The molecule has 8 aromatic carbocycles. The summed E-state index contributed by atoms with van der Waals surface area (Å²) < 4.78 is 0. The molecule has 1 aliphatic heterocycles. The lowest BCUT2D eigenvalue weighted by molar-refractivity contribution is 1.22. The van der Waals surface area contributed by atoms with E-state index in [2.05, 4.69) is 213 Å². The van der Waals surface area contributed by atoms with Gasteiger partial charge in [0.2, 0.25) is 0 Å². The zero-order chi connectivity index (χ0) is 39.7. The first-order chi connectivity index (χ1) is 29.0. The smallest absolute Gasteiger partial charge is 0.128 e. The summed E-state index contributed by atoms with van der Waals surface area (Å²) in [5.41, 5.74) is 6.66. The molecule has 2 atom stereocenters. The van der Waals surface area contributed by atoms with Crippen molar-refractivity contribution in [1.82, 2.24) is 9.97 Å². The molecule has 2 unspecified atom stereocenters. The molecule has 0 saturated heterocycles. The van der Waals surface area contributed by atoms with Crippen molar-refractivity contribution in [2.24, 2.45) is 0 Å². The van der Waals surface area contributed by atoms with E-state index in [4.69, 9.17) is 9.97 Å². The molecule has 11 rings (SSSR count). The monoisotopic (exact) mass is 795 g/mol. The van der Waals surface area contributed by atoms with Gasteiger partial charge in [-0.15, -0.1) is 0 Å². The number of hydrogen-bond acceptors (Lipinski definition) is 4. The van der Waals surface area contributed by atoms with Crippen molar-refractivity contribution in [2.45, 2.75) is 0 Å². The number of hydrogen-bond donors (Lipinski definition) is 0. The highest BCUT2D eigenvalue weighted by Gasteiger charge is 2.46. The lowest BCUT2D eigenvalue weighted by Crippen LogP contribution is -2.38. The third-order valence-electron chi connectivity index (χ3n) is 12.3. The maximum Gasteiger partial charge on any atom is 0.128 e. The van der Waals surface area contributed by atoms with Crippen LogP contribution in [0.15, 0.2) is 194 Å². The number of benzene rings is 8. The molecule has 0 saturated carbocycles. The van der Waals surface area contributed by atoms with E-state index < -0.39 is 15.2 Å². The van der Waals surface area contributed by atoms with Crippen LogP contribution in [0.4, 0.5) is 22.7 Å². The van der Waals surface area contributed by atoms with Crippen LogP contribution >= 0.6 is 15.2 Å². The zero-order valence-corrected chi connectivity index (χ0v) is 34.9. The number of rotatable bonds is 2. The molecule has 282 valence electrons. The van der Waals surface area contributed by atoms with Gasteiger partial charge in [0.1, 0.15) is 23.2 Å². The second-order valence-electron chi connectivity index (χ2n) is 15.6. The molecule has 0 N–H and O–H groups in total. The summed E-state index contributed by atoms with van der Waals surface area (Å²) in [7, 11) is 0.985. The normalized spacial score (nSPS) is 16.6. The Hall–Kier alpha value is -6.44. The maximum absolute atomic E-state index is 4.97. The van der Waals surface area contributed by atoms with E-state index in [1.165, 1.54) is 64.7 Å². The van der Waals surface area contributed by atoms with E-state index in [9.17, 15) is 0 Å². The average molecular weight is 796 g/mol. The molecule has 3 heterocycles. The van der Waals surface area contributed by atoms with Crippen molar-refractivity contribution in [3.8, 4) is 0 Å². The fourth-order valence-electron chi connectivity index (χ4n) is 9.15. The van der Waals surface area contributed by atoms with Gasteiger partial charge in [-0.25, -0.2) is 0 Å². The van der Waals surface area contributed by atoms with Gasteiger partial charge < -0.3 is 9.80 Å². The maximum atomic E-state index is 4.97. The first-order valence-corrected chi connectivity index (χ1v) is 23.6. The van der Waals surface area contributed by atoms with Gasteiger partial charge in [-0.05, 0) is 108 Å². The molecule has 1 aliphatic rings. The van der Waals surface area contributed by atoms with Crippen LogP contribution in [0.1, 0.15) is 0 Å². The lowest BCUT2D eigenvalue weighted by Gasteiger charge is -2.36. The topological polar surface area (TPSA) is 32.3 Å². The summed E-state index contributed by atoms with van der Waals surface area (Å²) in [6.45, 7) is 2.53. The van der Waals surface area contributed by atoms with E-state index >= 15 is 0 Å². The van der Waals surface area contributed by atoms with E-state index in [1.807, 2.05) is 12.4 Å². The van der Waals surface area contributed by atoms with E-state index in [0.717, 1.165) is 33.2 Å². The Morgan fingerprint density at radius 1 is 0.407 bits per heavy atom. The van der Waals surface area contributed by atoms with E-state index in [1.54, 1.807) is 0 Å². The van der Waals surface area contributed by atoms with Gasteiger partial charge in [-0.3, -0.25) is 9.97 Å². The lowest BCUT2D eigenvalue weighted by atomic mass is 10.1. The molecule has 59 heavy (non-hydrogen) atoms. The summed E-state index contributed by atoms with van der Waals surface area (Å²) in [5.74, 6) is 0. The number of aromatic nitrogens is 2. The standard InChI is InChI=1S/C53H41N4P2/c1-56-46-28-36-16-10-12-18-38(36)30-50(46)58(42-22-6-4-7-23-42)51-31-40-20-14-26-54-44(40)34-47(51)57(2)49-35-45-41(21-15-27-55-45)33-53(49)59(3,43-24-8-5-9-25-43)52-32-39-19-13-11-17-37(39)29-48(52)56/h4-35H,1-3H3/q+1. The third kappa shape index (κ3) is 5.82. The van der Waals surface area contributed by atoms with Crippen molar-refractivity contribution >= 4 is 113 Å². The number of anilines is 4. The van der Waals surface area contributed by atoms with Gasteiger partial charge in [0.15, 0.2) is 0 Å². The van der Waals surface area contributed by atoms with Crippen LogP contribution in [0.2, 0.25) is 0 Å². The van der Waals surface area contributed by atoms with Crippen LogP contribution < -0.4 is 41.6 Å². The van der Waals surface area contributed by atoms with Crippen LogP contribution in [0.25, 0.3) is 43.4 Å². The van der Waals surface area contributed by atoms with Crippen LogP contribution in [0.3, 0.4) is 0 Å². The SMILES string of the molecule is CN1c2cc3ccccc3cc2P(c2ccccc2)c2cc3cccnc3cc2N(C)c2cc3ncccc3cc2[P+](C)(c2ccccc2)c2cc3ccccc3cc21. The highest BCUT2D eigenvalue weighted by molar-refractivity contribution is 7.95. The Balaban J connectivity index is 1.37. The molecule has 0 spiro atoms. The predicted octanol–water partition coefficient (Wildman–Crippen LogP) is 10.6. The second-order valence-corrected chi connectivity index (χ2v) is 21.2. The summed E-state index contributed by atoms with van der Waals surface area (Å²) in [4.78, 5) is 14.9. The number of fused-ring (bicyclic) bond motifs is 8.